The molecule has 0 saturated carbocycles. The number of aryl methyl sites for hydroxylation is 1. The second-order valence-electron chi connectivity index (χ2n) is 4.48. The van der Waals surface area contributed by atoms with E-state index in [9.17, 15) is 0 Å². The molecule has 3 N–H and O–H groups in total. The van der Waals surface area contributed by atoms with Gasteiger partial charge in [-0.1, -0.05) is 18.2 Å². The Labute approximate surface area is 131 Å². The van der Waals surface area contributed by atoms with Crippen LogP contribution in [-0.4, -0.2) is 11.2 Å². The zero-order chi connectivity index (χ0) is 14.7. The van der Waals surface area contributed by atoms with Crippen molar-refractivity contribution in [2.75, 3.05) is 11.2 Å². The number of benzene rings is 1. The number of hydrogen-bond acceptors (Lipinski definition) is 6. The Morgan fingerprint density at radius 1 is 1.29 bits per heavy atom. The molecule has 2 heterocycles. The van der Waals surface area contributed by atoms with Gasteiger partial charge in [0.1, 0.15) is 5.82 Å². The van der Waals surface area contributed by atoms with Crippen LogP contribution in [0.1, 0.15) is 10.4 Å². The lowest BCUT2D eigenvalue weighted by Crippen LogP contribution is -1.91. The fourth-order valence-electron chi connectivity index (χ4n) is 1.86. The molecule has 0 aliphatic heterocycles. The van der Waals surface area contributed by atoms with E-state index in [2.05, 4.69) is 46.7 Å². The molecule has 0 fully saturated rings. The van der Waals surface area contributed by atoms with Crippen LogP contribution in [0.3, 0.4) is 0 Å². The van der Waals surface area contributed by atoms with E-state index in [1.807, 2.05) is 12.1 Å². The molecule has 0 spiro atoms. The minimum Gasteiger partial charge on any atom is -0.383 e. The third kappa shape index (κ3) is 3.48. The first kappa shape index (κ1) is 13.8. The number of thiophene rings is 1. The summed E-state index contributed by atoms with van der Waals surface area (Å²) in [4.78, 5) is 6.66. The third-order valence-electron chi connectivity index (χ3n) is 2.81. The first-order valence-electron chi connectivity index (χ1n) is 6.38. The van der Waals surface area contributed by atoms with Crippen molar-refractivity contribution >= 4 is 39.8 Å². The lowest BCUT2D eigenvalue weighted by Gasteiger charge is -1.99. The summed E-state index contributed by atoms with van der Waals surface area (Å²) in [7, 11) is 0. The molecule has 0 unspecified atom stereocenters. The summed E-state index contributed by atoms with van der Waals surface area (Å²) in [6.45, 7) is 2.11. The van der Waals surface area contributed by atoms with E-state index in [-0.39, 0.29) is 0 Å². The molecule has 0 bridgehead atoms. The van der Waals surface area contributed by atoms with Gasteiger partial charge in [-0.15, -0.1) is 22.7 Å². The Hall–Kier alpha value is -2.18. The molecular formula is C15H14N4S2. The molecule has 0 saturated heterocycles. The number of nitrogen functional groups attached to an aromatic ring is 1. The van der Waals surface area contributed by atoms with Crippen LogP contribution in [0.25, 0.3) is 10.4 Å². The summed E-state index contributed by atoms with van der Waals surface area (Å²) in [6, 6.07) is 12.6. The fraction of sp³-hybridized carbons (Fsp3) is 0.0667. The quantitative estimate of drug-likeness (QED) is 0.560. The standard InChI is InChI=1S/C15H14N4S2/c1-10-5-6-13(21-10)12-4-2-3-11(7-12)8-17-19-15-18-14(16)9-20-15/h2-9H,16H2,1H3,(H,18,19). The van der Waals surface area contributed by atoms with Gasteiger partial charge in [-0.3, -0.25) is 5.43 Å². The molecule has 0 radical (unpaired) electrons. The van der Waals surface area contributed by atoms with Crippen LogP contribution < -0.4 is 11.2 Å². The van der Waals surface area contributed by atoms with E-state index in [0.29, 0.717) is 10.9 Å². The molecule has 0 amide bonds. The molecule has 0 aliphatic rings. The molecule has 2 aromatic heterocycles. The molecule has 0 atom stereocenters. The first-order valence-corrected chi connectivity index (χ1v) is 8.07. The van der Waals surface area contributed by atoms with Gasteiger partial charge in [-0.05, 0) is 36.2 Å². The minimum absolute atomic E-state index is 0.507. The van der Waals surface area contributed by atoms with Crippen LogP contribution in [-0.2, 0) is 0 Å². The van der Waals surface area contributed by atoms with Crippen molar-refractivity contribution in [3.05, 3.63) is 52.2 Å². The van der Waals surface area contributed by atoms with Gasteiger partial charge in [-0.2, -0.15) is 5.10 Å². The number of nitrogens with zero attached hydrogens (tertiary/aromatic N) is 2. The number of hydrogen-bond donors (Lipinski definition) is 2. The maximum absolute atomic E-state index is 5.56. The number of aromatic nitrogens is 1. The van der Waals surface area contributed by atoms with Gasteiger partial charge in [0.2, 0.25) is 5.13 Å². The Morgan fingerprint density at radius 2 is 2.19 bits per heavy atom. The van der Waals surface area contributed by atoms with E-state index in [1.165, 1.54) is 26.7 Å². The van der Waals surface area contributed by atoms with Crippen molar-refractivity contribution in [3.8, 4) is 10.4 Å². The van der Waals surface area contributed by atoms with Crippen molar-refractivity contribution in [3.63, 3.8) is 0 Å². The number of anilines is 2. The molecular weight excluding hydrogens is 300 g/mol. The van der Waals surface area contributed by atoms with Crippen LogP contribution in [0.5, 0.6) is 0 Å². The maximum atomic E-state index is 5.56. The smallest absolute Gasteiger partial charge is 0.205 e. The third-order valence-corrected chi connectivity index (χ3v) is 4.62. The Morgan fingerprint density at radius 3 is 2.90 bits per heavy atom. The lowest BCUT2D eigenvalue weighted by atomic mass is 10.1. The summed E-state index contributed by atoms with van der Waals surface area (Å²) in [5.41, 5.74) is 10.7. The number of nitrogens with one attached hydrogen (secondary N) is 1. The highest BCUT2D eigenvalue weighted by atomic mass is 32.1. The molecule has 21 heavy (non-hydrogen) atoms. The summed E-state index contributed by atoms with van der Waals surface area (Å²) in [6.07, 6.45) is 1.78. The van der Waals surface area contributed by atoms with Crippen molar-refractivity contribution in [2.24, 2.45) is 5.10 Å². The van der Waals surface area contributed by atoms with E-state index < -0.39 is 0 Å². The van der Waals surface area contributed by atoms with Crippen LogP contribution in [0, 0.1) is 6.92 Å². The summed E-state index contributed by atoms with van der Waals surface area (Å²) in [5.74, 6) is 0.507. The Kier molecular flexibility index (Phi) is 3.98. The second-order valence-corrected chi connectivity index (χ2v) is 6.63. The summed E-state index contributed by atoms with van der Waals surface area (Å²) < 4.78 is 0. The van der Waals surface area contributed by atoms with E-state index in [1.54, 1.807) is 22.9 Å². The van der Waals surface area contributed by atoms with Crippen molar-refractivity contribution in [1.82, 2.24) is 4.98 Å². The monoisotopic (exact) mass is 314 g/mol. The highest BCUT2D eigenvalue weighted by molar-refractivity contribution is 7.15. The first-order chi connectivity index (χ1) is 10.2. The van der Waals surface area contributed by atoms with Crippen molar-refractivity contribution < 1.29 is 0 Å². The fourth-order valence-corrected chi connectivity index (χ4v) is 3.27. The molecule has 6 heteroatoms. The van der Waals surface area contributed by atoms with Gasteiger partial charge < -0.3 is 5.73 Å². The van der Waals surface area contributed by atoms with Crippen LogP contribution in [0.15, 0.2) is 46.9 Å². The molecule has 1 aromatic carbocycles. The van der Waals surface area contributed by atoms with Crippen LogP contribution in [0.2, 0.25) is 0 Å². The molecule has 0 aliphatic carbocycles. The summed E-state index contributed by atoms with van der Waals surface area (Å²) >= 11 is 3.22. The zero-order valence-electron chi connectivity index (χ0n) is 11.4. The average molecular weight is 314 g/mol. The van der Waals surface area contributed by atoms with Crippen molar-refractivity contribution in [1.29, 1.82) is 0 Å². The highest BCUT2D eigenvalue weighted by Gasteiger charge is 2.01. The van der Waals surface area contributed by atoms with E-state index in [0.717, 1.165) is 5.56 Å². The molecule has 106 valence electrons. The van der Waals surface area contributed by atoms with Crippen molar-refractivity contribution in [2.45, 2.75) is 6.92 Å². The Balaban J connectivity index is 1.74. The topological polar surface area (TPSA) is 63.3 Å². The van der Waals surface area contributed by atoms with Gasteiger partial charge in [-0.25, -0.2) is 4.98 Å². The van der Waals surface area contributed by atoms with Gasteiger partial charge in [0, 0.05) is 15.1 Å². The van der Waals surface area contributed by atoms with E-state index >= 15 is 0 Å². The largest absolute Gasteiger partial charge is 0.383 e. The second kappa shape index (κ2) is 6.07. The Bertz CT molecular complexity index is 773. The van der Waals surface area contributed by atoms with E-state index in [4.69, 9.17) is 5.73 Å². The van der Waals surface area contributed by atoms with Crippen LogP contribution in [0.4, 0.5) is 10.9 Å². The highest BCUT2D eigenvalue weighted by Crippen LogP contribution is 2.27. The SMILES string of the molecule is Cc1ccc(-c2cccc(C=NNc3nc(N)cs3)c2)s1. The van der Waals surface area contributed by atoms with Crippen LogP contribution >= 0.6 is 22.7 Å². The predicted molar refractivity (Wildman–Crippen MR) is 92.2 cm³/mol. The minimum atomic E-state index is 0.507. The zero-order valence-corrected chi connectivity index (χ0v) is 13.0. The number of rotatable bonds is 4. The molecule has 3 aromatic rings. The lowest BCUT2D eigenvalue weighted by molar-refractivity contribution is 1.29. The molecule has 3 rings (SSSR count). The number of thiazole rings is 1. The molecule has 4 nitrogen and oxygen atoms in total. The number of nitrogens with two attached hydrogens (primary N) is 1. The predicted octanol–water partition coefficient (Wildman–Crippen LogP) is 4.21. The van der Waals surface area contributed by atoms with Gasteiger partial charge in [0.25, 0.3) is 0 Å². The van der Waals surface area contributed by atoms with Gasteiger partial charge >= 0.3 is 0 Å². The normalized spacial score (nSPS) is 11.1. The summed E-state index contributed by atoms with van der Waals surface area (Å²) in [5, 5.41) is 6.65. The maximum Gasteiger partial charge on any atom is 0.205 e. The average Bonchev–Trinajstić information content (AvgIpc) is 3.08. The van der Waals surface area contributed by atoms with Gasteiger partial charge in [0.15, 0.2) is 0 Å². The van der Waals surface area contributed by atoms with Gasteiger partial charge in [0.05, 0.1) is 6.21 Å². The number of hydrazone groups is 1.